The quantitative estimate of drug-likeness (QED) is 0.214. The van der Waals surface area contributed by atoms with Crippen molar-refractivity contribution in [3.05, 3.63) is 72.6 Å². The van der Waals surface area contributed by atoms with Crippen LogP contribution in [0.25, 0.3) is 56.0 Å². The van der Waals surface area contributed by atoms with Gasteiger partial charge < -0.3 is 20.5 Å². The number of pyridine rings is 3. The van der Waals surface area contributed by atoms with Crippen LogP contribution in [0.4, 0.5) is 10.1 Å². The van der Waals surface area contributed by atoms with E-state index in [-0.39, 0.29) is 5.82 Å². The number of aromatic nitrogens is 7. The molecule has 10 nitrogen and oxygen atoms in total. The van der Waals surface area contributed by atoms with Crippen molar-refractivity contribution in [2.75, 3.05) is 39.5 Å². The van der Waals surface area contributed by atoms with Crippen molar-refractivity contribution >= 4 is 27.8 Å². The van der Waals surface area contributed by atoms with E-state index in [4.69, 9.17) is 4.98 Å². The molecule has 0 amide bonds. The molecule has 0 bridgehead atoms. The molecule has 6 aromatic rings. The molecule has 5 heterocycles. The summed E-state index contributed by atoms with van der Waals surface area (Å²) in [5, 5.41) is 14.9. The molecule has 0 fully saturated rings. The van der Waals surface area contributed by atoms with Crippen LogP contribution >= 0.6 is 0 Å². The molecule has 0 unspecified atom stereocenters. The fourth-order valence-electron chi connectivity index (χ4n) is 4.72. The molecule has 11 heteroatoms. The number of imidazole rings is 1. The Morgan fingerprint density at radius 3 is 2.75 bits per heavy atom. The number of rotatable bonds is 9. The number of hydrogen-bond donors (Lipinski definition) is 4. The maximum absolute atomic E-state index is 14.6. The summed E-state index contributed by atoms with van der Waals surface area (Å²) in [5.74, 6) is 0.238. The third-order valence-electron chi connectivity index (χ3n) is 6.63. The Kier molecular flexibility index (Phi) is 6.89. The SMILES string of the molecule is CNCc1cncc(-c2cc3c(-c4nc5nccc(-c6cc(F)cc(NCCN(C)C)c6)c5[nH]4)n[nH]c3cn2)c1. The number of likely N-dealkylation sites (N-methyl/N-ethyl adjacent to an activating group) is 1. The lowest BCUT2D eigenvalue weighted by atomic mass is 10.0. The van der Waals surface area contributed by atoms with Crippen LogP contribution in [-0.2, 0) is 6.54 Å². The maximum atomic E-state index is 14.6. The Bertz CT molecular complexity index is 1810. The van der Waals surface area contributed by atoms with Crippen LogP contribution < -0.4 is 10.6 Å². The summed E-state index contributed by atoms with van der Waals surface area (Å²) in [6.45, 7) is 2.25. The minimum Gasteiger partial charge on any atom is -0.384 e. The van der Waals surface area contributed by atoms with Crippen LogP contribution in [0, 0.1) is 5.82 Å². The summed E-state index contributed by atoms with van der Waals surface area (Å²) in [6, 6.07) is 10.9. The van der Waals surface area contributed by atoms with Gasteiger partial charge in [-0.2, -0.15) is 5.10 Å². The normalized spacial score (nSPS) is 11.6. The Morgan fingerprint density at radius 2 is 1.90 bits per heavy atom. The van der Waals surface area contributed by atoms with Crippen molar-refractivity contribution in [3.63, 3.8) is 0 Å². The molecule has 202 valence electrons. The molecule has 0 saturated carbocycles. The zero-order chi connectivity index (χ0) is 27.6. The lowest BCUT2D eigenvalue weighted by Gasteiger charge is -2.13. The van der Waals surface area contributed by atoms with Crippen molar-refractivity contribution in [2.24, 2.45) is 0 Å². The van der Waals surface area contributed by atoms with Gasteiger partial charge in [-0.3, -0.25) is 15.1 Å². The molecule has 6 rings (SSSR count). The van der Waals surface area contributed by atoms with E-state index in [1.54, 1.807) is 18.6 Å². The van der Waals surface area contributed by atoms with Gasteiger partial charge in [0.05, 0.1) is 22.9 Å². The first-order valence-electron chi connectivity index (χ1n) is 13.0. The summed E-state index contributed by atoms with van der Waals surface area (Å²) in [5.41, 5.74) is 7.66. The molecule has 0 spiro atoms. The fourth-order valence-corrected chi connectivity index (χ4v) is 4.72. The summed E-state index contributed by atoms with van der Waals surface area (Å²) in [4.78, 5) is 23.6. The van der Waals surface area contributed by atoms with Crippen molar-refractivity contribution in [1.82, 2.24) is 45.3 Å². The molecule has 4 N–H and O–H groups in total. The van der Waals surface area contributed by atoms with Crippen LogP contribution in [0.1, 0.15) is 5.56 Å². The van der Waals surface area contributed by atoms with E-state index in [0.29, 0.717) is 41.5 Å². The highest BCUT2D eigenvalue weighted by Crippen LogP contribution is 2.33. The van der Waals surface area contributed by atoms with Crippen molar-refractivity contribution < 1.29 is 4.39 Å². The molecule has 5 aromatic heterocycles. The second kappa shape index (κ2) is 10.8. The number of nitrogens with one attached hydrogen (secondary N) is 4. The van der Waals surface area contributed by atoms with Crippen LogP contribution in [0.3, 0.4) is 0 Å². The lowest BCUT2D eigenvalue weighted by molar-refractivity contribution is 0.425. The minimum atomic E-state index is -0.318. The van der Waals surface area contributed by atoms with Crippen molar-refractivity contribution in [1.29, 1.82) is 0 Å². The van der Waals surface area contributed by atoms with Gasteiger partial charge in [0, 0.05) is 60.4 Å². The van der Waals surface area contributed by atoms with Crippen LogP contribution in [0.15, 0.2) is 61.2 Å². The van der Waals surface area contributed by atoms with E-state index in [0.717, 1.165) is 45.4 Å². The summed E-state index contributed by atoms with van der Waals surface area (Å²) in [7, 11) is 5.91. The zero-order valence-electron chi connectivity index (χ0n) is 22.5. The third kappa shape index (κ3) is 5.12. The van der Waals surface area contributed by atoms with E-state index >= 15 is 0 Å². The number of halogens is 1. The number of fused-ring (bicyclic) bond motifs is 2. The second-order valence-corrected chi connectivity index (χ2v) is 9.90. The van der Waals surface area contributed by atoms with Gasteiger partial charge >= 0.3 is 0 Å². The van der Waals surface area contributed by atoms with Gasteiger partial charge in [-0.25, -0.2) is 14.4 Å². The molecule has 0 aliphatic carbocycles. The lowest BCUT2D eigenvalue weighted by Crippen LogP contribution is -2.20. The molecular weight excluding hydrogens is 507 g/mol. The van der Waals surface area contributed by atoms with Gasteiger partial charge in [-0.15, -0.1) is 0 Å². The number of nitrogens with zero attached hydrogens (tertiary/aromatic N) is 6. The summed E-state index contributed by atoms with van der Waals surface area (Å²) >= 11 is 0. The zero-order valence-corrected chi connectivity index (χ0v) is 22.5. The van der Waals surface area contributed by atoms with E-state index in [9.17, 15) is 4.39 Å². The summed E-state index contributed by atoms with van der Waals surface area (Å²) < 4.78 is 14.6. The highest BCUT2D eigenvalue weighted by Gasteiger charge is 2.17. The first-order chi connectivity index (χ1) is 19.5. The average molecular weight is 537 g/mol. The van der Waals surface area contributed by atoms with Gasteiger partial charge in [0.15, 0.2) is 11.5 Å². The third-order valence-corrected chi connectivity index (χ3v) is 6.63. The molecule has 0 aliphatic rings. The first-order valence-corrected chi connectivity index (χ1v) is 13.0. The van der Waals surface area contributed by atoms with E-state index in [2.05, 4.69) is 51.7 Å². The standard InChI is InChI=1S/C29H29FN10/c1-31-13-17-8-19(15-32-14-17)24-12-23-25(16-35-24)38-39-27(23)29-36-26-22(4-5-34-28(26)37-29)18-9-20(30)11-21(10-18)33-6-7-40(2)3/h4-5,8-12,14-16,31,33H,6-7,13H2,1-3H3,(H,38,39)(H,34,36,37). The molecule has 0 aliphatic heterocycles. The fraction of sp³-hybridized carbons (Fsp3) is 0.207. The van der Waals surface area contributed by atoms with Gasteiger partial charge in [0.2, 0.25) is 0 Å². The van der Waals surface area contributed by atoms with Gasteiger partial charge in [0.25, 0.3) is 0 Å². The Labute approximate surface area is 230 Å². The van der Waals surface area contributed by atoms with Crippen LogP contribution in [0.5, 0.6) is 0 Å². The monoisotopic (exact) mass is 536 g/mol. The molecule has 1 aromatic carbocycles. The number of aromatic amines is 2. The minimum absolute atomic E-state index is 0.318. The van der Waals surface area contributed by atoms with E-state index in [1.165, 1.54) is 12.1 Å². The molecule has 0 radical (unpaired) electrons. The van der Waals surface area contributed by atoms with Crippen LogP contribution in [-0.4, -0.2) is 74.2 Å². The molecule has 0 atom stereocenters. The van der Waals surface area contributed by atoms with Crippen molar-refractivity contribution in [2.45, 2.75) is 6.54 Å². The number of anilines is 1. The number of hydrogen-bond acceptors (Lipinski definition) is 8. The Hall–Kier alpha value is -4.74. The number of H-pyrrole nitrogens is 2. The van der Waals surface area contributed by atoms with Gasteiger partial charge in [-0.1, -0.05) is 0 Å². The Morgan fingerprint density at radius 1 is 1.00 bits per heavy atom. The van der Waals surface area contributed by atoms with E-state index in [1.807, 2.05) is 45.5 Å². The predicted molar refractivity (Wildman–Crippen MR) is 155 cm³/mol. The Balaban J connectivity index is 1.38. The topological polar surface area (TPSA) is 123 Å². The average Bonchev–Trinajstić information content (AvgIpc) is 3.56. The van der Waals surface area contributed by atoms with Gasteiger partial charge in [-0.05, 0) is 68.7 Å². The smallest absolute Gasteiger partial charge is 0.178 e. The highest BCUT2D eigenvalue weighted by molar-refractivity contribution is 5.97. The molecule has 40 heavy (non-hydrogen) atoms. The molecular formula is C29H29FN10. The number of benzene rings is 1. The largest absolute Gasteiger partial charge is 0.384 e. The molecule has 0 saturated heterocycles. The summed E-state index contributed by atoms with van der Waals surface area (Å²) in [6.07, 6.45) is 7.08. The van der Waals surface area contributed by atoms with E-state index < -0.39 is 0 Å². The second-order valence-electron chi connectivity index (χ2n) is 9.90. The van der Waals surface area contributed by atoms with Gasteiger partial charge in [0.1, 0.15) is 11.5 Å². The first kappa shape index (κ1) is 25.5. The maximum Gasteiger partial charge on any atom is 0.178 e. The highest BCUT2D eigenvalue weighted by atomic mass is 19.1. The van der Waals surface area contributed by atoms with Crippen LogP contribution in [0.2, 0.25) is 0 Å². The predicted octanol–water partition coefficient (Wildman–Crippen LogP) is 4.46. The van der Waals surface area contributed by atoms with Crippen molar-refractivity contribution in [3.8, 4) is 33.9 Å².